The Kier molecular flexibility index (Phi) is 4.22. The maximum atomic E-state index is 12.5. The minimum atomic E-state index is -0.449. The van der Waals surface area contributed by atoms with E-state index in [9.17, 15) is 4.79 Å². The molecule has 0 spiro atoms. The highest BCUT2D eigenvalue weighted by atomic mass is 32.1. The quantitative estimate of drug-likeness (QED) is 0.416. The van der Waals surface area contributed by atoms with Crippen LogP contribution >= 0.6 is 11.3 Å². The molecule has 2 heterocycles. The summed E-state index contributed by atoms with van der Waals surface area (Å²) in [5.74, 6) is 0.688. The monoisotopic (exact) mass is 401 g/mol. The molecule has 2 aromatic heterocycles. The molecule has 0 bridgehead atoms. The Bertz CT molecular complexity index is 1400. The van der Waals surface area contributed by atoms with Gasteiger partial charge in [0.1, 0.15) is 11.3 Å². The van der Waals surface area contributed by atoms with Crippen LogP contribution in [0.2, 0.25) is 0 Å². The van der Waals surface area contributed by atoms with Gasteiger partial charge in [0, 0.05) is 16.5 Å². The summed E-state index contributed by atoms with van der Waals surface area (Å²) in [6.45, 7) is 0. The van der Waals surface area contributed by atoms with Crippen molar-refractivity contribution in [2.45, 2.75) is 0 Å². The summed E-state index contributed by atoms with van der Waals surface area (Å²) in [5, 5.41) is 15.8. The smallest absolute Gasteiger partial charge is 0.346 e. The summed E-state index contributed by atoms with van der Waals surface area (Å²) in [6.07, 6.45) is 0. The summed E-state index contributed by atoms with van der Waals surface area (Å²) in [6, 6.07) is 21.2. The highest BCUT2D eigenvalue weighted by Crippen LogP contribution is 2.31. The molecule has 5 aromatic rings. The Balaban J connectivity index is 1.52. The van der Waals surface area contributed by atoms with Gasteiger partial charge < -0.3 is 14.5 Å². The van der Waals surface area contributed by atoms with Crippen LogP contribution in [0.4, 0.5) is 10.8 Å². The van der Waals surface area contributed by atoms with Crippen LogP contribution in [0.5, 0.6) is 5.75 Å². The van der Waals surface area contributed by atoms with Gasteiger partial charge in [-0.05, 0) is 35.7 Å². The minimum absolute atomic E-state index is 0.370. The highest BCUT2D eigenvalue weighted by molar-refractivity contribution is 7.18. The summed E-state index contributed by atoms with van der Waals surface area (Å²) in [5.41, 5.74) is 1.35. The number of hydrogen-bond donors (Lipinski definition) is 1. The van der Waals surface area contributed by atoms with E-state index in [0.717, 1.165) is 21.8 Å². The molecule has 6 nitrogen and oxygen atoms in total. The van der Waals surface area contributed by atoms with Crippen LogP contribution in [-0.2, 0) is 0 Å². The van der Waals surface area contributed by atoms with Gasteiger partial charge in [0.25, 0.3) is 0 Å². The highest BCUT2D eigenvalue weighted by Gasteiger charge is 2.14. The summed E-state index contributed by atoms with van der Waals surface area (Å²) >= 11 is 1.30. The SMILES string of the molecule is COc1ccc2oc(=O)c(-c3nnc(Nc4cccc5ccccc45)s3)cc2c1. The van der Waals surface area contributed by atoms with Gasteiger partial charge >= 0.3 is 5.63 Å². The Hall–Kier alpha value is -3.71. The van der Waals surface area contributed by atoms with Crippen molar-refractivity contribution in [1.29, 1.82) is 0 Å². The lowest BCUT2D eigenvalue weighted by molar-refractivity contribution is 0.415. The molecule has 0 saturated heterocycles. The van der Waals surface area contributed by atoms with E-state index in [1.165, 1.54) is 11.3 Å². The number of aromatic nitrogens is 2. The topological polar surface area (TPSA) is 77.2 Å². The largest absolute Gasteiger partial charge is 0.497 e. The molecule has 0 saturated carbocycles. The van der Waals surface area contributed by atoms with Crippen molar-refractivity contribution in [1.82, 2.24) is 10.2 Å². The van der Waals surface area contributed by atoms with Crippen LogP contribution in [0.15, 0.2) is 75.9 Å². The van der Waals surface area contributed by atoms with E-state index in [-0.39, 0.29) is 0 Å². The van der Waals surface area contributed by atoms with E-state index in [1.807, 2.05) is 36.4 Å². The lowest BCUT2D eigenvalue weighted by atomic mass is 10.1. The first-order valence-corrected chi connectivity index (χ1v) is 9.73. The number of methoxy groups -OCH3 is 1. The zero-order valence-electron chi connectivity index (χ0n) is 15.4. The second kappa shape index (κ2) is 7.03. The molecule has 0 unspecified atom stereocenters. The normalized spacial score (nSPS) is 11.1. The molecule has 0 aliphatic heterocycles. The van der Waals surface area contributed by atoms with Gasteiger partial charge in [-0.15, -0.1) is 10.2 Å². The average molecular weight is 401 g/mol. The predicted molar refractivity (Wildman–Crippen MR) is 115 cm³/mol. The van der Waals surface area contributed by atoms with Crippen molar-refractivity contribution >= 4 is 43.9 Å². The zero-order chi connectivity index (χ0) is 19.8. The zero-order valence-corrected chi connectivity index (χ0v) is 16.2. The van der Waals surface area contributed by atoms with Crippen LogP contribution in [-0.4, -0.2) is 17.3 Å². The molecule has 3 aromatic carbocycles. The lowest BCUT2D eigenvalue weighted by Gasteiger charge is -2.06. The Labute approximate surface area is 169 Å². The first-order chi connectivity index (χ1) is 14.2. The number of benzene rings is 3. The van der Waals surface area contributed by atoms with Crippen molar-refractivity contribution in [3.8, 4) is 16.3 Å². The summed E-state index contributed by atoms with van der Waals surface area (Å²) in [4.78, 5) is 12.5. The number of hydrogen-bond acceptors (Lipinski definition) is 7. The van der Waals surface area contributed by atoms with Gasteiger partial charge in [0.05, 0.1) is 12.7 Å². The van der Waals surface area contributed by atoms with Crippen molar-refractivity contribution < 1.29 is 9.15 Å². The lowest BCUT2D eigenvalue weighted by Crippen LogP contribution is -2.02. The van der Waals surface area contributed by atoms with E-state index in [1.54, 1.807) is 25.3 Å². The number of nitrogens with one attached hydrogen (secondary N) is 1. The fourth-order valence-electron chi connectivity index (χ4n) is 3.21. The number of ether oxygens (including phenoxy) is 1. The van der Waals surface area contributed by atoms with E-state index in [2.05, 4.69) is 27.6 Å². The fourth-order valence-corrected chi connectivity index (χ4v) is 3.97. The molecule has 142 valence electrons. The van der Waals surface area contributed by atoms with Crippen LogP contribution in [0, 0.1) is 0 Å². The molecular weight excluding hydrogens is 386 g/mol. The molecule has 0 fully saturated rings. The molecule has 0 aliphatic carbocycles. The van der Waals surface area contributed by atoms with Crippen LogP contribution in [0.1, 0.15) is 0 Å². The molecule has 29 heavy (non-hydrogen) atoms. The number of nitrogens with zero attached hydrogens (tertiary/aromatic N) is 2. The Morgan fingerprint density at radius 2 is 1.83 bits per heavy atom. The molecule has 0 amide bonds. The molecule has 5 rings (SSSR count). The average Bonchev–Trinajstić information content (AvgIpc) is 3.21. The van der Waals surface area contributed by atoms with Crippen LogP contribution in [0.25, 0.3) is 32.3 Å². The number of fused-ring (bicyclic) bond motifs is 2. The second-order valence-corrected chi connectivity index (χ2v) is 7.39. The first kappa shape index (κ1) is 17.4. The van der Waals surface area contributed by atoms with Gasteiger partial charge in [0.15, 0.2) is 5.01 Å². The third-order valence-electron chi connectivity index (χ3n) is 4.63. The van der Waals surface area contributed by atoms with Gasteiger partial charge in [-0.2, -0.15) is 0 Å². The third-order valence-corrected chi connectivity index (χ3v) is 5.50. The molecule has 1 N–H and O–H groups in total. The van der Waals surface area contributed by atoms with E-state index < -0.39 is 5.63 Å². The van der Waals surface area contributed by atoms with Gasteiger partial charge in [-0.3, -0.25) is 0 Å². The Morgan fingerprint density at radius 1 is 0.966 bits per heavy atom. The molecule has 7 heteroatoms. The van der Waals surface area contributed by atoms with Crippen molar-refractivity contribution in [2.24, 2.45) is 0 Å². The molecule has 0 atom stereocenters. The first-order valence-electron chi connectivity index (χ1n) is 8.92. The molecule has 0 radical (unpaired) electrons. The molecular formula is C22H15N3O3S. The van der Waals surface area contributed by atoms with Crippen LogP contribution in [0.3, 0.4) is 0 Å². The van der Waals surface area contributed by atoms with Crippen molar-refractivity contribution in [3.63, 3.8) is 0 Å². The standard InChI is InChI=1S/C22H15N3O3S/c1-27-15-9-10-19-14(11-15)12-17(21(26)28-19)20-24-25-22(29-20)23-18-8-4-6-13-5-2-3-7-16(13)18/h2-12H,1H3,(H,23,25). The maximum Gasteiger partial charge on any atom is 0.346 e. The van der Waals surface area contributed by atoms with E-state index in [4.69, 9.17) is 9.15 Å². The molecule has 0 aliphatic rings. The second-order valence-electron chi connectivity index (χ2n) is 6.42. The van der Waals surface area contributed by atoms with Crippen molar-refractivity contribution in [3.05, 3.63) is 77.2 Å². The Morgan fingerprint density at radius 3 is 2.72 bits per heavy atom. The van der Waals surface area contributed by atoms with Gasteiger partial charge in [0.2, 0.25) is 5.13 Å². The van der Waals surface area contributed by atoms with Crippen molar-refractivity contribution in [2.75, 3.05) is 12.4 Å². The third kappa shape index (κ3) is 3.21. The summed E-state index contributed by atoms with van der Waals surface area (Å²) < 4.78 is 10.7. The minimum Gasteiger partial charge on any atom is -0.497 e. The van der Waals surface area contributed by atoms with Gasteiger partial charge in [-0.1, -0.05) is 47.7 Å². The predicted octanol–water partition coefficient (Wildman–Crippen LogP) is 5.22. The fraction of sp³-hybridized carbons (Fsp3) is 0.0455. The van der Waals surface area contributed by atoms with E-state index >= 15 is 0 Å². The maximum absolute atomic E-state index is 12.5. The number of anilines is 2. The van der Waals surface area contributed by atoms with E-state index in [0.29, 0.717) is 27.0 Å². The number of rotatable bonds is 4. The van der Waals surface area contributed by atoms with Crippen LogP contribution < -0.4 is 15.7 Å². The van der Waals surface area contributed by atoms with Gasteiger partial charge in [-0.25, -0.2) is 4.79 Å². The summed E-state index contributed by atoms with van der Waals surface area (Å²) in [7, 11) is 1.59.